The number of hydrogen-bond donors (Lipinski definition) is 3. The van der Waals surface area contributed by atoms with Crippen molar-refractivity contribution in [3.8, 4) is 0 Å². The Morgan fingerprint density at radius 2 is 0.509 bits per heavy atom. The summed E-state index contributed by atoms with van der Waals surface area (Å²) < 4.78 is 68.6. The van der Waals surface area contributed by atoms with Crippen LogP contribution in [0.2, 0.25) is 0 Å². The molecule has 0 aromatic heterocycles. The Kier molecular flexibility index (Phi) is 75.8. The van der Waals surface area contributed by atoms with Crippen molar-refractivity contribution in [3.05, 3.63) is 158 Å². The number of phosphoric ester groups is 2. The zero-order valence-electron chi connectivity index (χ0n) is 67.5. The first-order chi connectivity index (χ1) is 52.7. The lowest BCUT2D eigenvalue weighted by Crippen LogP contribution is -2.30. The lowest BCUT2D eigenvalue weighted by Gasteiger charge is -2.21. The standard InChI is InChI=1S/C89H148O17P2/c1-5-9-13-17-21-25-29-32-35-38-41-44-47-50-54-57-61-65-69-73-86(91)99-79-84(105-88(93)75-71-67-63-59-53-28-24-20-16-12-8-4)81-103-107(95,96)101-77-83(90)78-102-108(97,98)104-82-85(106-89(94)76-72-68-64-60-56-52-49-46-43-40-37-34-31-27-23-19-15-11-7-3)80-100-87(92)74-70-66-62-58-55-51-48-45-42-39-36-33-30-26-22-18-14-10-6-2/h9,13,20-27,32-37,41-46,50,54,61,65,83-85,90H,5-8,10-12,14-19,28-31,38-40,47-49,51-53,55-60,62-64,66-82H2,1-4H3,(H,95,96)(H,97,98)/b13-9-,24-20-,25-21-,26-22-,27-23-,35-32-,36-33-,37-34-,44-41-,45-42-,46-43-,54-50-,65-61-. The van der Waals surface area contributed by atoms with Crippen molar-refractivity contribution in [2.75, 3.05) is 39.6 Å². The Morgan fingerprint density at radius 1 is 0.269 bits per heavy atom. The molecule has 0 saturated heterocycles. The van der Waals surface area contributed by atoms with Gasteiger partial charge in [-0.25, -0.2) is 9.13 Å². The highest BCUT2D eigenvalue weighted by molar-refractivity contribution is 7.47. The molecule has 0 aliphatic carbocycles. The first kappa shape index (κ1) is 103. The number of unbranched alkanes of at least 4 members (excludes halogenated alkanes) is 25. The van der Waals surface area contributed by atoms with Crippen molar-refractivity contribution >= 4 is 39.5 Å². The fourth-order valence-corrected chi connectivity index (χ4v) is 12.2. The van der Waals surface area contributed by atoms with Gasteiger partial charge in [-0.1, -0.05) is 295 Å². The number of allylic oxidation sites excluding steroid dienone is 26. The molecule has 0 amide bonds. The second-order valence-electron chi connectivity index (χ2n) is 27.3. The molecular weight excluding hydrogens is 1400 g/mol. The molecule has 0 radical (unpaired) electrons. The molecule has 17 nitrogen and oxygen atoms in total. The van der Waals surface area contributed by atoms with Gasteiger partial charge in [0.25, 0.3) is 0 Å². The number of rotatable bonds is 77. The topological polar surface area (TPSA) is 237 Å². The highest BCUT2D eigenvalue weighted by Crippen LogP contribution is 2.45. The molecule has 19 heteroatoms. The van der Waals surface area contributed by atoms with Crippen molar-refractivity contribution in [2.24, 2.45) is 0 Å². The van der Waals surface area contributed by atoms with Gasteiger partial charge in [-0.05, 0) is 161 Å². The minimum Gasteiger partial charge on any atom is -0.462 e. The van der Waals surface area contributed by atoms with E-state index in [4.69, 9.17) is 37.0 Å². The van der Waals surface area contributed by atoms with E-state index in [1.165, 1.54) is 44.9 Å². The van der Waals surface area contributed by atoms with Gasteiger partial charge >= 0.3 is 39.5 Å². The number of hydrogen-bond acceptors (Lipinski definition) is 15. The summed E-state index contributed by atoms with van der Waals surface area (Å²) in [4.78, 5) is 73.1. The molecule has 616 valence electrons. The molecule has 5 atom stereocenters. The third-order valence-corrected chi connectivity index (χ3v) is 18.9. The van der Waals surface area contributed by atoms with Gasteiger partial charge in [0, 0.05) is 25.7 Å². The fourth-order valence-electron chi connectivity index (χ4n) is 10.6. The number of ether oxygens (including phenoxy) is 4. The van der Waals surface area contributed by atoms with Gasteiger partial charge in [0.2, 0.25) is 0 Å². The molecule has 5 unspecified atom stereocenters. The second kappa shape index (κ2) is 79.8. The number of aliphatic hydroxyl groups is 1. The molecule has 0 aromatic carbocycles. The Labute approximate surface area is 655 Å². The lowest BCUT2D eigenvalue weighted by atomic mass is 10.1. The average Bonchev–Trinajstić information content (AvgIpc) is 0.899. The number of esters is 4. The largest absolute Gasteiger partial charge is 0.472 e. The van der Waals surface area contributed by atoms with Gasteiger partial charge in [-0.15, -0.1) is 0 Å². The molecule has 0 rings (SSSR count). The third kappa shape index (κ3) is 78.8. The van der Waals surface area contributed by atoms with Crippen LogP contribution in [0.4, 0.5) is 0 Å². The molecular formula is C89H148O17P2. The summed E-state index contributed by atoms with van der Waals surface area (Å²) in [5.74, 6) is -2.31. The smallest absolute Gasteiger partial charge is 0.462 e. The molecule has 0 aromatic rings. The Balaban J connectivity index is 5.43. The van der Waals surface area contributed by atoms with Crippen LogP contribution in [0.15, 0.2) is 158 Å². The van der Waals surface area contributed by atoms with Crippen LogP contribution < -0.4 is 0 Å². The Hall–Kier alpha value is -5.32. The van der Waals surface area contributed by atoms with E-state index in [0.29, 0.717) is 32.1 Å². The summed E-state index contributed by atoms with van der Waals surface area (Å²) in [7, 11) is -10.0. The van der Waals surface area contributed by atoms with E-state index in [-0.39, 0.29) is 25.7 Å². The minimum absolute atomic E-state index is 0.0302. The van der Waals surface area contributed by atoms with Crippen LogP contribution in [0, 0.1) is 0 Å². The maximum Gasteiger partial charge on any atom is 0.472 e. The summed E-state index contributed by atoms with van der Waals surface area (Å²) in [6.45, 7) is 4.55. The van der Waals surface area contributed by atoms with E-state index in [1.807, 2.05) is 18.2 Å². The minimum atomic E-state index is -5.00. The quantitative estimate of drug-likeness (QED) is 0.0169. The van der Waals surface area contributed by atoms with E-state index in [0.717, 1.165) is 193 Å². The highest BCUT2D eigenvalue weighted by atomic mass is 31.2. The Morgan fingerprint density at radius 3 is 0.833 bits per heavy atom. The molecule has 0 spiro atoms. The summed E-state index contributed by atoms with van der Waals surface area (Å²) in [6.07, 6.45) is 93.7. The first-order valence-corrected chi connectivity index (χ1v) is 44.7. The highest BCUT2D eigenvalue weighted by Gasteiger charge is 2.30. The third-order valence-electron chi connectivity index (χ3n) is 17.0. The molecule has 0 fully saturated rings. The van der Waals surface area contributed by atoms with E-state index in [9.17, 15) is 43.2 Å². The monoisotopic (exact) mass is 1550 g/mol. The SMILES string of the molecule is CC/C=C\C/C=C\C/C=C\C/C=C\C/C=C\C/C=C\CCC(=O)OCC(COP(=O)(O)OCC(O)COP(=O)(O)OCC(COC(=O)CCCCCCCC/C=C\C/C=C\C/C=C\CCCCC)OC(=O)CCCCCCCC/C=C\C/C=C\C/C=C\CCCCC)OC(=O)CCCCCCC/C=C\CCCC. The maximum absolute atomic E-state index is 13.1. The molecule has 0 aliphatic heterocycles. The van der Waals surface area contributed by atoms with Gasteiger partial charge in [-0.2, -0.15) is 0 Å². The van der Waals surface area contributed by atoms with Gasteiger partial charge < -0.3 is 33.8 Å². The molecule has 0 heterocycles. The summed E-state index contributed by atoms with van der Waals surface area (Å²) >= 11 is 0. The Bertz CT molecular complexity index is 2660. The van der Waals surface area contributed by atoms with Crippen LogP contribution in [-0.2, 0) is 65.4 Å². The molecule has 3 N–H and O–H groups in total. The molecule has 0 aliphatic rings. The van der Waals surface area contributed by atoms with Crippen molar-refractivity contribution in [1.82, 2.24) is 0 Å². The van der Waals surface area contributed by atoms with E-state index < -0.39 is 97.5 Å². The van der Waals surface area contributed by atoms with Crippen LogP contribution in [0.25, 0.3) is 0 Å². The molecule has 0 saturated carbocycles. The normalized spacial score (nSPS) is 14.6. The summed E-state index contributed by atoms with van der Waals surface area (Å²) in [5.41, 5.74) is 0. The molecule has 108 heavy (non-hydrogen) atoms. The van der Waals surface area contributed by atoms with Gasteiger partial charge in [0.15, 0.2) is 12.2 Å². The zero-order valence-corrected chi connectivity index (χ0v) is 69.3. The van der Waals surface area contributed by atoms with Crippen LogP contribution in [0.5, 0.6) is 0 Å². The van der Waals surface area contributed by atoms with Gasteiger partial charge in [-0.3, -0.25) is 37.3 Å². The van der Waals surface area contributed by atoms with Crippen LogP contribution in [-0.4, -0.2) is 96.7 Å². The number of carbonyl (C=O) groups excluding carboxylic acids is 4. The second-order valence-corrected chi connectivity index (χ2v) is 30.2. The lowest BCUT2D eigenvalue weighted by molar-refractivity contribution is -0.161. The predicted molar refractivity (Wildman–Crippen MR) is 445 cm³/mol. The summed E-state index contributed by atoms with van der Waals surface area (Å²) in [5, 5.41) is 10.7. The van der Waals surface area contributed by atoms with Crippen molar-refractivity contribution in [1.29, 1.82) is 0 Å². The van der Waals surface area contributed by atoms with Crippen LogP contribution in [0.3, 0.4) is 0 Å². The number of phosphoric acid groups is 2. The maximum atomic E-state index is 13.1. The first-order valence-electron chi connectivity index (χ1n) is 41.7. The predicted octanol–water partition coefficient (Wildman–Crippen LogP) is 24.8. The molecule has 0 bridgehead atoms. The van der Waals surface area contributed by atoms with E-state index in [2.05, 4.69) is 167 Å². The average molecular weight is 1550 g/mol. The van der Waals surface area contributed by atoms with E-state index in [1.54, 1.807) is 0 Å². The van der Waals surface area contributed by atoms with Crippen LogP contribution in [0.1, 0.15) is 323 Å². The van der Waals surface area contributed by atoms with Gasteiger partial charge in [0.1, 0.15) is 19.3 Å². The number of carbonyl (C=O) groups is 4. The summed E-state index contributed by atoms with van der Waals surface area (Å²) in [6, 6.07) is 0. The van der Waals surface area contributed by atoms with Crippen molar-refractivity contribution in [2.45, 2.75) is 341 Å². The van der Waals surface area contributed by atoms with Crippen molar-refractivity contribution in [3.63, 3.8) is 0 Å². The van der Waals surface area contributed by atoms with E-state index >= 15 is 0 Å². The van der Waals surface area contributed by atoms with Crippen LogP contribution >= 0.6 is 15.6 Å². The number of aliphatic hydroxyl groups excluding tert-OH is 1. The fraction of sp³-hybridized carbons (Fsp3) is 0.663. The van der Waals surface area contributed by atoms with Crippen molar-refractivity contribution < 1.29 is 80.2 Å². The van der Waals surface area contributed by atoms with Gasteiger partial charge in [0.05, 0.1) is 26.4 Å². The zero-order chi connectivity index (χ0) is 78.9.